The average molecular weight is 285 g/mol. The van der Waals surface area contributed by atoms with E-state index in [0.29, 0.717) is 5.56 Å². The van der Waals surface area contributed by atoms with E-state index in [1.807, 2.05) is 29.2 Å². The number of likely N-dealkylation sites (tertiary alicyclic amines) is 1. The molecule has 0 unspecified atom stereocenters. The molecule has 0 saturated carbocycles. The van der Waals surface area contributed by atoms with Crippen LogP contribution in [0.3, 0.4) is 0 Å². The van der Waals surface area contributed by atoms with Crippen LogP contribution in [-0.2, 0) is 0 Å². The number of rotatable bonds is 3. The summed E-state index contributed by atoms with van der Waals surface area (Å²) in [4.78, 5) is 14.5. The van der Waals surface area contributed by atoms with Gasteiger partial charge in [-0.05, 0) is 37.0 Å². The molecule has 1 aromatic rings. The second kappa shape index (κ2) is 7.85. The Balaban J connectivity index is 2.00. The lowest BCUT2D eigenvalue weighted by molar-refractivity contribution is 0.0686. The summed E-state index contributed by atoms with van der Waals surface area (Å²) in [6.45, 7) is 3.77. The highest BCUT2D eigenvalue weighted by Crippen LogP contribution is 2.23. The monoisotopic (exact) mass is 285 g/mol. The van der Waals surface area contributed by atoms with E-state index in [0.717, 1.165) is 37.4 Å². The van der Waals surface area contributed by atoms with Gasteiger partial charge in [-0.2, -0.15) is 0 Å². The number of hydrogen-bond acceptors (Lipinski definition) is 2. The third kappa shape index (κ3) is 4.34. The molecular weight excluding hydrogens is 262 g/mol. The summed E-state index contributed by atoms with van der Waals surface area (Å²) in [5.41, 5.74) is 1.46. The Morgan fingerprint density at radius 1 is 1.38 bits per heavy atom. The molecule has 3 nitrogen and oxygen atoms in total. The minimum Gasteiger partial charge on any atom is -0.384 e. The molecule has 21 heavy (non-hydrogen) atoms. The molecule has 112 valence electrons. The van der Waals surface area contributed by atoms with Crippen LogP contribution in [0, 0.1) is 17.8 Å². The predicted molar refractivity (Wildman–Crippen MR) is 83.9 cm³/mol. The molecule has 1 heterocycles. The van der Waals surface area contributed by atoms with Gasteiger partial charge in [0.05, 0.1) is 0 Å². The highest BCUT2D eigenvalue weighted by molar-refractivity contribution is 5.94. The van der Waals surface area contributed by atoms with Crippen LogP contribution in [-0.4, -0.2) is 35.6 Å². The van der Waals surface area contributed by atoms with Crippen molar-refractivity contribution in [1.82, 2.24) is 4.90 Å². The molecule has 2 rings (SSSR count). The molecule has 1 amide bonds. The molecule has 1 aromatic carbocycles. The van der Waals surface area contributed by atoms with E-state index in [1.165, 1.54) is 12.8 Å². The van der Waals surface area contributed by atoms with E-state index >= 15 is 0 Å². The van der Waals surface area contributed by atoms with Gasteiger partial charge >= 0.3 is 0 Å². The standard InChI is InChI=1S/C18H23NO2/c1-2-5-15-9-11-19(12-10-15)18(21)17-8-3-6-16(14-17)7-4-13-20/h3,6,8,14-15,20H,2,5,9-13H2,1H3. The molecule has 0 aromatic heterocycles. The summed E-state index contributed by atoms with van der Waals surface area (Å²) in [5.74, 6) is 6.33. The SMILES string of the molecule is CCCC1CCN(C(=O)c2cccc(C#CCO)c2)CC1. The molecule has 1 aliphatic heterocycles. The maximum Gasteiger partial charge on any atom is 0.253 e. The molecule has 0 spiro atoms. The summed E-state index contributed by atoms with van der Waals surface area (Å²) in [5, 5.41) is 8.73. The van der Waals surface area contributed by atoms with Crippen molar-refractivity contribution < 1.29 is 9.90 Å². The average Bonchev–Trinajstić information content (AvgIpc) is 2.53. The van der Waals surface area contributed by atoms with Gasteiger partial charge < -0.3 is 10.0 Å². The number of benzene rings is 1. The Hall–Kier alpha value is -1.79. The van der Waals surface area contributed by atoms with Crippen LogP contribution < -0.4 is 0 Å². The van der Waals surface area contributed by atoms with E-state index in [4.69, 9.17) is 5.11 Å². The number of piperidine rings is 1. The van der Waals surface area contributed by atoms with Crippen molar-refractivity contribution in [2.45, 2.75) is 32.6 Å². The smallest absolute Gasteiger partial charge is 0.253 e. The van der Waals surface area contributed by atoms with Crippen LogP contribution in [0.2, 0.25) is 0 Å². The molecular formula is C18H23NO2. The van der Waals surface area contributed by atoms with Gasteiger partial charge in [0.15, 0.2) is 0 Å². The van der Waals surface area contributed by atoms with E-state index in [2.05, 4.69) is 18.8 Å². The van der Waals surface area contributed by atoms with Crippen LogP contribution in [0.4, 0.5) is 0 Å². The van der Waals surface area contributed by atoms with E-state index < -0.39 is 0 Å². The van der Waals surface area contributed by atoms with Gasteiger partial charge in [-0.25, -0.2) is 0 Å². The van der Waals surface area contributed by atoms with Crippen LogP contribution in [0.5, 0.6) is 0 Å². The van der Waals surface area contributed by atoms with Crippen molar-refractivity contribution in [1.29, 1.82) is 0 Å². The zero-order valence-corrected chi connectivity index (χ0v) is 12.6. The van der Waals surface area contributed by atoms with Crippen LogP contribution in [0.1, 0.15) is 48.5 Å². The van der Waals surface area contributed by atoms with Crippen molar-refractivity contribution >= 4 is 5.91 Å². The Morgan fingerprint density at radius 2 is 2.14 bits per heavy atom. The topological polar surface area (TPSA) is 40.5 Å². The lowest BCUT2D eigenvalue weighted by Gasteiger charge is -2.32. The molecule has 1 fully saturated rings. The largest absolute Gasteiger partial charge is 0.384 e. The van der Waals surface area contributed by atoms with Crippen LogP contribution >= 0.6 is 0 Å². The molecule has 0 radical (unpaired) electrons. The van der Waals surface area contributed by atoms with Crippen molar-refractivity contribution in [2.24, 2.45) is 5.92 Å². The Labute approximate surface area is 127 Å². The summed E-state index contributed by atoms with van der Waals surface area (Å²) in [6.07, 6.45) is 4.73. The number of aliphatic hydroxyl groups is 1. The Morgan fingerprint density at radius 3 is 2.81 bits per heavy atom. The van der Waals surface area contributed by atoms with Gasteiger partial charge in [0, 0.05) is 24.2 Å². The van der Waals surface area contributed by atoms with E-state index in [9.17, 15) is 4.79 Å². The van der Waals surface area contributed by atoms with Gasteiger partial charge in [0.2, 0.25) is 0 Å². The van der Waals surface area contributed by atoms with Crippen LogP contribution in [0.25, 0.3) is 0 Å². The highest BCUT2D eigenvalue weighted by atomic mass is 16.2. The van der Waals surface area contributed by atoms with Gasteiger partial charge in [-0.3, -0.25) is 4.79 Å². The summed E-state index contributed by atoms with van der Waals surface area (Å²) in [6, 6.07) is 7.35. The first kappa shape index (κ1) is 15.6. The quantitative estimate of drug-likeness (QED) is 0.867. The second-order valence-corrected chi connectivity index (χ2v) is 5.56. The summed E-state index contributed by atoms with van der Waals surface area (Å²) >= 11 is 0. The van der Waals surface area contributed by atoms with Crippen molar-refractivity contribution in [2.75, 3.05) is 19.7 Å². The van der Waals surface area contributed by atoms with Crippen LogP contribution in [0.15, 0.2) is 24.3 Å². The van der Waals surface area contributed by atoms with E-state index in [-0.39, 0.29) is 12.5 Å². The highest BCUT2D eigenvalue weighted by Gasteiger charge is 2.23. The summed E-state index contributed by atoms with van der Waals surface area (Å²) < 4.78 is 0. The molecule has 0 atom stereocenters. The fraction of sp³-hybridized carbons (Fsp3) is 0.500. The zero-order valence-electron chi connectivity index (χ0n) is 12.6. The molecule has 0 aliphatic carbocycles. The summed E-state index contributed by atoms with van der Waals surface area (Å²) in [7, 11) is 0. The maximum atomic E-state index is 12.5. The van der Waals surface area contributed by atoms with Gasteiger partial charge in [-0.1, -0.05) is 37.7 Å². The van der Waals surface area contributed by atoms with Gasteiger partial charge in [0.1, 0.15) is 6.61 Å². The fourth-order valence-electron chi connectivity index (χ4n) is 2.89. The normalized spacial score (nSPS) is 15.4. The molecule has 1 saturated heterocycles. The molecule has 0 bridgehead atoms. The number of carbonyl (C=O) groups is 1. The minimum absolute atomic E-state index is 0.0950. The first-order valence-corrected chi connectivity index (χ1v) is 7.73. The molecule has 3 heteroatoms. The number of aliphatic hydroxyl groups excluding tert-OH is 1. The minimum atomic E-state index is -0.164. The number of hydrogen-bond donors (Lipinski definition) is 1. The lowest BCUT2D eigenvalue weighted by atomic mass is 9.92. The third-order valence-corrected chi connectivity index (χ3v) is 4.02. The maximum absolute atomic E-state index is 12.5. The molecule has 1 N–H and O–H groups in total. The Bertz CT molecular complexity index is 534. The fourth-order valence-corrected chi connectivity index (χ4v) is 2.89. The van der Waals surface area contributed by atoms with Gasteiger partial charge in [-0.15, -0.1) is 0 Å². The molecule has 1 aliphatic rings. The Kier molecular flexibility index (Phi) is 5.83. The third-order valence-electron chi connectivity index (χ3n) is 4.02. The first-order chi connectivity index (χ1) is 10.2. The van der Waals surface area contributed by atoms with Crippen molar-refractivity contribution in [3.05, 3.63) is 35.4 Å². The number of nitrogens with zero attached hydrogens (tertiary/aromatic N) is 1. The first-order valence-electron chi connectivity index (χ1n) is 7.73. The number of amides is 1. The zero-order chi connectivity index (χ0) is 15.1. The van der Waals surface area contributed by atoms with Crippen molar-refractivity contribution in [3.8, 4) is 11.8 Å². The predicted octanol–water partition coefficient (Wildman–Crippen LogP) is 2.68. The second-order valence-electron chi connectivity index (χ2n) is 5.56. The van der Waals surface area contributed by atoms with Crippen molar-refractivity contribution in [3.63, 3.8) is 0 Å². The van der Waals surface area contributed by atoms with E-state index in [1.54, 1.807) is 0 Å². The number of carbonyl (C=O) groups excluding carboxylic acids is 1. The van der Waals surface area contributed by atoms with Gasteiger partial charge in [0.25, 0.3) is 5.91 Å². The lowest BCUT2D eigenvalue weighted by Crippen LogP contribution is -2.38.